The molecular weight excluding hydrogens is 300 g/mol. The highest BCUT2D eigenvalue weighted by Crippen LogP contribution is 2.17. The number of halogens is 1. The number of piperidine rings is 1. The molecule has 2 N–H and O–H groups in total. The summed E-state index contributed by atoms with van der Waals surface area (Å²) in [6.45, 7) is 2.91. The molecule has 0 bridgehead atoms. The van der Waals surface area contributed by atoms with Crippen LogP contribution in [0.15, 0.2) is 29.2 Å². The van der Waals surface area contributed by atoms with Crippen molar-refractivity contribution in [3.8, 4) is 5.75 Å². The topological polar surface area (TPSA) is 67.4 Å². The van der Waals surface area contributed by atoms with E-state index in [0.29, 0.717) is 11.8 Å². The van der Waals surface area contributed by atoms with Gasteiger partial charge in [-0.2, -0.15) is 0 Å². The minimum atomic E-state index is -3.44. The van der Waals surface area contributed by atoms with Crippen molar-refractivity contribution < 1.29 is 13.2 Å². The van der Waals surface area contributed by atoms with Gasteiger partial charge in [-0.15, -0.1) is 12.4 Å². The maximum absolute atomic E-state index is 12.2. The van der Waals surface area contributed by atoms with Crippen LogP contribution in [0.5, 0.6) is 5.75 Å². The third-order valence-electron chi connectivity index (χ3n) is 3.32. The first-order valence-electron chi connectivity index (χ1n) is 6.41. The molecule has 1 aliphatic rings. The van der Waals surface area contributed by atoms with Crippen LogP contribution in [0, 0.1) is 0 Å². The summed E-state index contributed by atoms with van der Waals surface area (Å²) >= 11 is 0. The zero-order valence-corrected chi connectivity index (χ0v) is 13.3. The molecule has 0 aliphatic carbocycles. The van der Waals surface area contributed by atoms with Gasteiger partial charge in [0.05, 0.1) is 12.0 Å². The Kier molecular flexibility index (Phi) is 6.26. The van der Waals surface area contributed by atoms with Gasteiger partial charge in [-0.25, -0.2) is 13.1 Å². The van der Waals surface area contributed by atoms with E-state index >= 15 is 0 Å². The van der Waals surface area contributed by atoms with Crippen LogP contribution in [-0.4, -0.2) is 34.2 Å². The zero-order chi connectivity index (χ0) is 13.9. The number of hydrogen-bond acceptors (Lipinski definition) is 4. The molecule has 1 aromatic carbocycles. The van der Waals surface area contributed by atoms with Crippen molar-refractivity contribution >= 4 is 22.4 Å². The Hall–Kier alpha value is -0.820. The highest BCUT2D eigenvalue weighted by atomic mass is 35.5. The average Bonchev–Trinajstić information content (AvgIpc) is 2.38. The van der Waals surface area contributed by atoms with E-state index < -0.39 is 10.0 Å². The predicted octanol–water partition coefficient (Wildman–Crippen LogP) is 1.54. The molecule has 114 valence electrons. The second kappa shape index (κ2) is 7.26. The number of benzene rings is 1. The SMILES string of the molecule is COc1ccc(S(=O)(=O)NC2CCNC(C)C2)cc1.Cl. The smallest absolute Gasteiger partial charge is 0.240 e. The Morgan fingerprint density at radius 2 is 1.95 bits per heavy atom. The Morgan fingerprint density at radius 3 is 2.50 bits per heavy atom. The molecule has 5 nitrogen and oxygen atoms in total. The van der Waals surface area contributed by atoms with E-state index in [1.807, 2.05) is 0 Å². The summed E-state index contributed by atoms with van der Waals surface area (Å²) in [4.78, 5) is 0.277. The van der Waals surface area contributed by atoms with Crippen molar-refractivity contribution in [1.82, 2.24) is 10.0 Å². The summed E-state index contributed by atoms with van der Waals surface area (Å²) in [5.74, 6) is 0.648. The fourth-order valence-electron chi connectivity index (χ4n) is 2.28. The molecule has 2 rings (SSSR count). The summed E-state index contributed by atoms with van der Waals surface area (Å²) in [6.07, 6.45) is 1.63. The van der Waals surface area contributed by atoms with Gasteiger partial charge < -0.3 is 10.1 Å². The lowest BCUT2D eigenvalue weighted by Gasteiger charge is -2.28. The van der Waals surface area contributed by atoms with Crippen LogP contribution in [0.1, 0.15) is 19.8 Å². The largest absolute Gasteiger partial charge is 0.497 e. The number of rotatable bonds is 4. The Bertz CT molecular complexity index is 519. The van der Waals surface area contributed by atoms with Gasteiger partial charge >= 0.3 is 0 Å². The number of nitrogens with one attached hydrogen (secondary N) is 2. The van der Waals surface area contributed by atoms with Gasteiger partial charge in [-0.1, -0.05) is 0 Å². The number of hydrogen-bond donors (Lipinski definition) is 2. The molecule has 1 fully saturated rings. The van der Waals surface area contributed by atoms with Gasteiger partial charge in [0, 0.05) is 12.1 Å². The lowest BCUT2D eigenvalue weighted by molar-refractivity contribution is 0.361. The number of sulfonamides is 1. The van der Waals surface area contributed by atoms with Gasteiger partial charge in [-0.3, -0.25) is 0 Å². The van der Waals surface area contributed by atoms with Crippen LogP contribution in [0.25, 0.3) is 0 Å². The Balaban J connectivity index is 0.00000200. The van der Waals surface area contributed by atoms with Crippen molar-refractivity contribution in [2.45, 2.75) is 36.7 Å². The summed E-state index contributed by atoms with van der Waals surface area (Å²) < 4.78 is 32.3. The van der Waals surface area contributed by atoms with Crippen molar-refractivity contribution in [2.75, 3.05) is 13.7 Å². The zero-order valence-electron chi connectivity index (χ0n) is 11.6. The average molecular weight is 321 g/mol. The minimum Gasteiger partial charge on any atom is -0.497 e. The fourth-order valence-corrected chi connectivity index (χ4v) is 3.56. The molecule has 0 amide bonds. The Labute approximate surface area is 126 Å². The van der Waals surface area contributed by atoms with Crippen LogP contribution in [0.3, 0.4) is 0 Å². The normalized spacial score (nSPS) is 22.9. The van der Waals surface area contributed by atoms with Crippen LogP contribution < -0.4 is 14.8 Å². The molecule has 1 aliphatic heterocycles. The van der Waals surface area contributed by atoms with E-state index in [1.54, 1.807) is 31.4 Å². The third-order valence-corrected chi connectivity index (χ3v) is 4.85. The molecule has 1 heterocycles. The first-order valence-corrected chi connectivity index (χ1v) is 7.89. The fraction of sp³-hybridized carbons (Fsp3) is 0.538. The first-order chi connectivity index (χ1) is 9.01. The summed E-state index contributed by atoms with van der Waals surface area (Å²) in [5, 5.41) is 3.30. The standard InChI is InChI=1S/C13H20N2O3S.ClH/c1-10-9-11(7-8-14-10)15-19(16,17)13-5-3-12(18-2)4-6-13;/h3-6,10-11,14-15H,7-9H2,1-2H3;1H. The predicted molar refractivity (Wildman–Crippen MR) is 81.1 cm³/mol. The van der Waals surface area contributed by atoms with Crippen LogP contribution >= 0.6 is 12.4 Å². The lowest BCUT2D eigenvalue weighted by Crippen LogP contribution is -2.46. The molecule has 7 heteroatoms. The van der Waals surface area contributed by atoms with Crippen LogP contribution in [0.2, 0.25) is 0 Å². The molecule has 0 spiro atoms. The highest BCUT2D eigenvalue weighted by molar-refractivity contribution is 7.89. The summed E-state index contributed by atoms with van der Waals surface area (Å²) in [6, 6.07) is 6.77. The maximum atomic E-state index is 12.2. The second-order valence-electron chi connectivity index (χ2n) is 4.87. The molecule has 20 heavy (non-hydrogen) atoms. The molecule has 2 atom stereocenters. The van der Waals surface area contributed by atoms with Gasteiger partial charge in [0.15, 0.2) is 0 Å². The third kappa shape index (κ3) is 4.34. The molecule has 0 saturated carbocycles. The van der Waals surface area contributed by atoms with Crippen molar-refractivity contribution in [3.05, 3.63) is 24.3 Å². The van der Waals surface area contributed by atoms with E-state index in [9.17, 15) is 8.42 Å². The molecule has 0 aromatic heterocycles. The van der Waals surface area contributed by atoms with E-state index in [0.717, 1.165) is 19.4 Å². The van der Waals surface area contributed by atoms with Crippen molar-refractivity contribution in [1.29, 1.82) is 0 Å². The van der Waals surface area contributed by atoms with Gasteiger partial charge in [0.25, 0.3) is 0 Å². The summed E-state index contributed by atoms with van der Waals surface area (Å²) in [7, 11) is -1.89. The van der Waals surface area contributed by atoms with Gasteiger partial charge in [-0.05, 0) is 50.6 Å². The van der Waals surface area contributed by atoms with E-state index in [4.69, 9.17) is 4.74 Å². The van der Waals surface area contributed by atoms with Crippen LogP contribution in [0.4, 0.5) is 0 Å². The molecule has 1 aromatic rings. The molecule has 2 unspecified atom stereocenters. The first kappa shape index (κ1) is 17.2. The van der Waals surface area contributed by atoms with Gasteiger partial charge in [0.1, 0.15) is 5.75 Å². The number of methoxy groups -OCH3 is 1. The highest BCUT2D eigenvalue weighted by Gasteiger charge is 2.24. The van der Waals surface area contributed by atoms with E-state index in [-0.39, 0.29) is 23.3 Å². The van der Waals surface area contributed by atoms with Crippen molar-refractivity contribution in [2.24, 2.45) is 0 Å². The minimum absolute atomic E-state index is 0. The monoisotopic (exact) mass is 320 g/mol. The van der Waals surface area contributed by atoms with E-state index in [2.05, 4.69) is 17.0 Å². The van der Waals surface area contributed by atoms with Gasteiger partial charge in [0.2, 0.25) is 10.0 Å². The Morgan fingerprint density at radius 1 is 1.30 bits per heavy atom. The van der Waals surface area contributed by atoms with E-state index in [1.165, 1.54) is 0 Å². The molecular formula is C13H21ClN2O3S. The second-order valence-corrected chi connectivity index (χ2v) is 6.59. The maximum Gasteiger partial charge on any atom is 0.240 e. The summed E-state index contributed by atoms with van der Waals surface area (Å²) in [5.41, 5.74) is 0. The lowest BCUT2D eigenvalue weighted by atomic mass is 10.0. The van der Waals surface area contributed by atoms with Crippen LogP contribution in [-0.2, 0) is 10.0 Å². The number of ether oxygens (including phenoxy) is 1. The molecule has 0 radical (unpaired) electrons. The van der Waals surface area contributed by atoms with Crippen molar-refractivity contribution in [3.63, 3.8) is 0 Å². The quantitative estimate of drug-likeness (QED) is 0.883. The molecule has 1 saturated heterocycles.